The van der Waals surface area contributed by atoms with E-state index in [-0.39, 0.29) is 17.8 Å². The Morgan fingerprint density at radius 2 is 2.05 bits per heavy atom. The maximum absolute atomic E-state index is 11.9. The zero-order valence-corrected chi connectivity index (χ0v) is 9.85. The maximum Gasteiger partial charge on any atom is 0.294 e. The number of nitrogens with zero attached hydrogens (tertiary/aromatic N) is 2. The van der Waals surface area contributed by atoms with E-state index in [1.165, 1.54) is 24.5 Å². The van der Waals surface area contributed by atoms with Gasteiger partial charge in [-0.3, -0.25) is 14.9 Å². The number of hydrazine groups is 1. The van der Waals surface area contributed by atoms with Gasteiger partial charge < -0.3 is 4.42 Å². The Balaban J connectivity index is 2.22. The zero-order valence-electron chi connectivity index (χ0n) is 9.85. The van der Waals surface area contributed by atoms with Crippen LogP contribution in [0, 0.1) is 10.1 Å². The van der Waals surface area contributed by atoms with Gasteiger partial charge in [-0.1, -0.05) is 12.1 Å². The molecule has 0 atom stereocenters. The summed E-state index contributed by atoms with van der Waals surface area (Å²) in [6.45, 7) is 0. The summed E-state index contributed by atoms with van der Waals surface area (Å²) in [6.07, 6.45) is 1.38. The van der Waals surface area contributed by atoms with Gasteiger partial charge in [-0.2, -0.15) is 0 Å². The average Bonchev–Trinajstić information content (AvgIpc) is 2.90. The smallest absolute Gasteiger partial charge is 0.294 e. The molecule has 1 aromatic heterocycles. The summed E-state index contributed by atoms with van der Waals surface area (Å²) in [4.78, 5) is 22.2. The quantitative estimate of drug-likeness (QED) is 0.390. The van der Waals surface area contributed by atoms with Crippen LogP contribution >= 0.6 is 0 Å². The molecule has 1 amide bonds. The number of para-hydroxylation sites is 2. The minimum absolute atomic E-state index is 0.0454. The molecule has 0 fully saturated rings. The van der Waals surface area contributed by atoms with Crippen molar-refractivity contribution in [2.24, 2.45) is 5.84 Å². The lowest BCUT2D eigenvalue weighted by molar-refractivity contribution is -0.384. The van der Waals surface area contributed by atoms with E-state index in [2.05, 4.69) is 0 Å². The van der Waals surface area contributed by atoms with E-state index in [1.54, 1.807) is 18.2 Å². The van der Waals surface area contributed by atoms with Crippen LogP contribution in [0.25, 0.3) is 0 Å². The van der Waals surface area contributed by atoms with Gasteiger partial charge in [0.25, 0.3) is 5.69 Å². The van der Waals surface area contributed by atoms with Crippen LogP contribution in [0.1, 0.15) is 5.76 Å². The highest BCUT2D eigenvalue weighted by Crippen LogP contribution is 2.26. The Morgan fingerprint density at radius 3 is 2.68 bits per heavy atom. The average molecular weight is 261 g/mol. The van der Waals surface area contributed by atoms with Crippen LogP contribution in [0.2, 0.25) is 0 Å². The van der Waals surface area contributed by atoms with E-state index in [4.69, 9.17) is 10.3 Å². The zero-order chi connectivity index (χ0) is 13.8. The molecule has 2 rings (SSSR count). The molecule has 2 N–H and O–H groups in total. The molecule has 0 saturated carbocycles. The van der Waals surface area contributed by atoms with Crippen LogP contribution in [0.4, 0.5) is 11.4 Å². The van der Waals surface area contributed by atoms with Crippen LogP contribution in [0.3, 0.4) is 0 Å². The van der Waals surface area contributed by atoms with Crippen molar-refractivity contribution in [2.75, 3.05) is 5.01 Å². The Kier molecular flexibility index (Phi) is 3.58. The first-order chi connectivity index (χ1) is 9.09. The van der Waals surface area contributed by atoms with Gasteiger partial charge >= 0.3 is 0 Å². The standard InChI is InChI=1S/C12H11N3O4/c13-14(12(16)8-9-4-3-7-19-9)10-5-1-2-6-11(10)15(17)18/h1-7H,8,13H2. The lowest BCUT2D eigenvalue weighted by Crippen LogP contribution is -2.38. The third-order valence-electron chi connectivity index (χ3n) is 2.51. The van der Waals surface area contributed by atoms with Crippen LogP contribution in [-0.2, 0) is 11.2 Å². The predicted molar refractivity (Wildman–Crippen MR) is 67.2 cm³/mol. The number of nitrogens with two attached hydrogens (primary N) is 1. The highest BCUT2D eigenvalue weighted by Gasteiger charge is 2.22. The molecule has 0 spiro atoms. The van der Waals surface area contributed by atoms with Crippen LogP contribution in [-0.4, -0.2) is 10.8 Å². The van der Waals surface area contributed by atoms with Gasteiger partial charge in [-0.25, -0.2) is 10.9 Å². The van der Waals surface area contributed by atoms with Gasteiger partial charge in [-0.05, 0) is 18.2 Å². The number of benzene rings is 1. The van der Waals surface area contributed by atoms with Crippen molar-refractivity contribution in [1.82, 2.24) is 0 Å². The summed E-state index contributed by atoms with van der Waals surface area (Å²) >= 11 is 0. The second-order valence-corrected chi connectivity index (χ2v) is 3.77. The summed E-state index contributed by atoms with van der Waals surface area (Å²) in [7, 11) is 0. The Labute approximate surface area is 108 Å². The number of furan rings is 1. The molecule has 7 heteroatoms. The monoisotopic (exact) mass is 261 g/mol. The molecule has 1 aromatic carbocycles. The number of nitro groups is 1. The molecule has 98 valence electrons. The van der Waals surface area contributed by atoms with E-state index in [9.17, 15) is 14.9 Å². The van der Waals surface area contributed by atoms with Crippen LogP contribution < -0.4 is 10.9 Å². The molecule has 0 aliphatic carbocycles. The van der Waals surface area contributed by atoms with Crippen molar-refractivity contribution in [3.63, 3.8) is 0 Å². The Morgan fingerprint density at radius 1 is 1.32 bits per heavy atom. The fraction of sp³-hybridized carbons (Fsp3) is 0.0833. The summed E-state index contributed by atoms with van der Waals surface area (Å²) in [5.74, 6) is 5.58. The number of hydrogen-bond donors (Lipinski definition) is 1. The molecule has 2 aromatic rings. The van der Waals surface area contributed by atoms with Gasteiger partial charge in [-0.15, -0.1) is 0 Å². The molecule has 0 aliphatic rings. The number of hydrogen-bond acceptors (Lipinski definition) is 5. The lowest BCUT2D eigenvalue weighted by atomic mass is 10.2. The maximum atomic E-state index is 11.9. The van der Waals surface area contributed by atoms with Gasteiger partial charge in [0.1, 0.15) is 11.4 Å². The summed E-state index contributed by atoms with van der Waals surface area (Å²) < 4.78 is 5.03. The molecule has 0 aliphatic heterocycles. The number of amides is 1. The molecule has 0 unspecified atom stereocenters. The second-order valence-electron chi connectivity index (χ2n) is 3.77. The van der Waals surface area contributed by atoms with Crippen LogP contribution in [0.15, 0.2) is 47.1 Å². The normalized spacial score (nSPS) is 10.2. The first kappa shape index (κ1) is 12.8. The van der Waals surface area contributed by atoms with Crippen molar-refractivity contribution in [3.05, 3.63) is 58.5 Å². The Hall–Kier alpha value is -2.67. The molecular formula is C12H11N3O4. The van der Waals surface area contributed by atoms with E-state index in [0.29, 0.717) is 5.76 Å². The first-order valence-electron chi connectivity index (χ1n) is 5.43. The minimum Gasteiger partial charge on any atom is -0.469 e. The SMILES string of the molecule is NN(C(=O)Cc1ccco1)c1ccccc1[N+](=O)[O-]. The molecule has 19 heavy (non-hydrogen) atoms. The first-order valence-corrected chi connectivity index (χ1v) is 5.43. The number of nitro benzene ring substituents is 1. The lowest BCUT2D eigenvalue weighted by Gasteiger charge is -2.15. The minimum atomic E-state index is -0.588. The van der Waals surface area contributed by atoms with E-state index in [0.717, 1.165) is 5.01 Å². The van der Waals surface area contributed by atoms with Crippen molar-refractivity contribution in [3.8, 4) is 0 Å². The number of anilines is 1. The molecule has 0 saturated heterocycles. The molecular weight excluding hydrogens is 250 g/mol. The third-order valence-corrected chi connectivity index (χ3v) is 2.51. The fourth-order valence-electron chi connectivity index (χ4n) is 1.60. The van der Waals surface area contributed by atoms with Gasteiger partial charge in [0.15, 0.2) is 0 Å². The highest BCUT2D eigenvalue weighted by atomic mass is 16.6. The van der Waals surface area contributed by atoms with Gasteiger partial charge in [0.05, 0.1) is 17.6 Å². The van der Waals surface area contributed by atoms with E-state index >= 15 is 0 Å². The van der Waals surface area contributed by atoms with Crippen molar-refractivity contribution in [1.29, 1.82) is 0 Å². The molecule has 1 heterocycles. The summed E-state index contributed by atoms with van der Waals surface area (Å²) in [5, 5.41) is 11.6. The fourth-order valence-corrected chi connectivity index (χ4v) is 1.60. The molecule has 0 radical (unpaired) electrons. The molecule has 0 bridgehead atoms. The topological polar surface area (TPSA) is 103 Å². The van der Waals surface area contributed by atoms with Gasteiger partial charge in [0.2, 0.25) is 5.91 Å². The number of carbonyl (C=O) groups is 1. The number of carbonyl (C=O) groups excluding carboxylic acids is 1. The summed E-state index contributed by atoms with van der Waals surface area (Å²) in [5.41, 5.74) is -0.179. The predicted octanol–water partition coefficient (Wildman–Crippen LogP) is 1.64. The van der Waals surface area contributed by atoms with Gasteiger partial charge in [0, 0.05) is 6.07 Å². The Bertz CT molecular complexity index is 595. The second kappa shape index (κ2) is 5.32. The molecule has 7 nitrogen and oxygen atoms in total. The van der Waals surface area contributed by atoms with Crippen LogP contribution in [0.5, 0.6) is 0 Å². The van der Waals surface area contributed by atoms with Crippen molar-refractivity contribution >= 4 is 17.3 Å². The van der Waals surface area contributed by atoms with Crippen molar-refractivity contribution in [2.45, 2.75) is 6.42 Å². The highest BCUT2D eigenvalue weighted by molar-refractivity contribution is 5.95. The number of rotatable bonds is 4. The summed E-state index contributed by atoms with van der Waals surface area (Å²) in [6, 6.07) is 9.06. The van der Waals surface area contributed by atoms with E-state index < -0.39 is 10.8 Å². The van der Waals surface area contributed by atoms with Crippen molar-refractivity contribution < 1.29 is 14.1 Å². The van der Waals surface area contributed by atoms with E-state index in [1.807, 2.05) is 0 Å². The largest absolute Gasteiger partial charge is 0.469 e. The third kappa shape index (κ3) is 2.78.